The van der Waals surface area contributed by atoms with Crippen molar-refractivity contribution in [1.29, 1.82) is 0 Å². The van der Waals surface area contributed by atoms with Gasteiger partial charge in [-0.05, 0) is 59.8 Å². The third-order valence-corrected chi connectivity index (χ3v) is 4.00. The quantitative estimate of drug-likeness (QED) is 0.580. The lowest BCUT2D eigenvalue weighted by Gasteiger charge is -2.17. The van der Waals surface area contributed by atoms with Crippen molar-refractivity contribution in [3.63, 3.8) is 0 Å². The first-order valence-corrected chi connectivity index (χ1v) is 7.66. The minimum Gasteiger partial charge on any atom is -0.295 e. The van der Waals surface area contributed by atoms with Crippen molar-refractivity contribution in [3.8, 4) is 0 Å². The predicted octanol–water partition coefficient (Wildman–Crippen LogP) is 3.91. The number of benzene rings is 2. The molecule has 2 aromatic rings. The standard InChI is InChI=1S/C17H18INO/c1-13-5-3-4-6-15(13)11-19(2)12-17(20)14-7-9-16(18)10-8-14/h3-10H,11-12H2,1-2H3. The molecule has 0 saturated heterocycles. The van der Waals surface area contributed by atoms with Crippen LogP contribution in [-0.4, -0.2) is 24.3 Å². The molecule has 2 aromatic carbocycles. The molecule has 0 atom stereocenters. The average molecular weight is 379 g/mol. The molecular weight excluding hydrogens is 361 g/mol. The Balaban J connectivity index is 1.98. The van der Waals surface area contributed by atoms with Crippen LogP contribution in [0.15, 0.2) is 48.5 Å². The van der Waals surface area contributed by atoms with E-state index in [0.29, 0.717) is 6.54 Å². The molecule has 0 aliphatic rings. The van der Waals surface area contributed by atoms with Crippen LogP contribution >= 0.6 is 22.6 Å². The first-order chi connectivity index (χ1) is 9.56. The number of rotatable bonds is 5. The lowest BCUT2D eigenvalue weighted by Crippen LogP contribution is -2.25. The number of hydrogen-bond donors (Lipinski definition) is 0. The number of ketones is 1. The fraction of sp³-hybridized carbons (Fsp3) is 0.235. The fourth-order valence-electron chi connectivity index (χ4n) is 2.11. The minimum absolute atomic E-state index is 0.164. The fourth-order valence-corrected chi connectivity index (χ4v) is 2.47. The summed E-state index contributed by atoms with van der Waals surface area (Å²) in [6, 6.07) is 16.0. The van der Waals surface area contributed by atoms with Gasteiger partial charge in [0.2, 0.25) is 0 Å². The Morgan fingerprint density at radius 2 is 1.75 bits per heavy atom. The number of hydrogen-bond acceptors (Lipinski definition) is 2. The zero-order valence-electron chi connectivity index (χ0n) is 11.8. The summed E-state index contributed by atoms with van der Waals surface area (Å²) in [6.45, 7) is 3.34. The maximum Gasteiger partial charge on any atom is 0.176 e. The van der Waals surface area contributed by atoms with Gasteiger partial charge in [-0.1, -0.05) is 36.4 Å². The van der Waals surface area contributed by atoms with Crippen LogP contribution in [0, 0.1) is 10.5 Å². The molecule has 0 heterocycles. The molecule has 0 unspecified atom stereocenters. The first-order valence-electron chi connectivity index (χ1n) is 6.58. The van der Waals surface area contributed by atoms with E-state index in [0.717, 1.165) is 15.7 Å². The van der Waals surface area contributed by atoms with Gasteiger partial charge in [0.25, 0.3) is 0 Å². The van der Waals surface area contributed by atoms with E-state index in [9.17, 15) is 4.79 Å². The highest BCUT2D eigenvalue weighted by Gasteiger charge is 2.10. The highest BCUT2D eigenvalue weighted by atomic mass is 127. The van der Waals surface area contributed by atoms with E-state index in [1.165, 1.54) is 11.1 Å². The molecule has 0 saturated carbocycles. The van der Waals surface area contributed by atoms with Crippen LogP contribution in [0.2, 0.25) is 0 Å². The minimum atomic E-state index is 0.164. The Labute approximate surface area is 133 Å². The summed E-state index contributed by atoms with van der Waals surface area (Å²) in [7, 11) is 1.98. The van der Waals surface area contributed by atoms with Gasteiger partial charge in [-0.15, -0.1) is 0 Å². The lowest BCUT2D eigenvalue weighted by molar-refractivity contribution is 0.0943. The molecule has 0 spiro atoms. The van der Waals surface area contributed by atoms with Crippen LogP contribution in [0.25, 0.3) is 0 Å². The molecule has 0 amide bonds. The number of carbonyl (C=O) groups is 1. The maximum atomic E-state index is 12.2. The molecule has 20 heavy (non-hydrogen) atoms. The molecule has 0 aromatic heterocycles. The van der Waals surface area contributed by atoms with E-state index in [1.807, 2.05) is 43.4 Å². The topological polar surface area (TPSA) is 20.3 Å². The molecule has 0 bridgehead atoms. The summed E-state index contributed by atoms with van der Waals surface area (Å²) >= 11 is 2.24. The molecule has 0 aliphatic heterocycles. The van der Waals surface area contributed by atoms with E-state index < -0.39 is 0 Å². The highest BCUT2D eigenvalue weighted by Crippen LogP contribution is 2.11. The summed E-state index contributed by atoms with van der Waals surface area (Å²) in [5, 5.41) is 0. The molecule has 3 heteroatoms. The molecule has 0 aliphatic carbocycles. The Kier molecular flexibility index (Phi) is 5.31. The van der Waals surface area contributed by atoms with E-state index in [-0.39, 0.29) is 5.78 Å². The van der Waals surface area contributed by atoms with Gasteiger partial charge in [0.1, 0.15) is 0 Å². The average Bonchev–Trinajstić information content (AvgIpc) is 2.42. The van der Waals surface area contributed by atoms with Crippen LogP contribution in [0.5, 0.6) is 0 Å². The van der Waals surface area contributed by atoms with Gasteiger partial charge in [0, 0.05) is 15.7 Å². The highest BCUT2D eigenvalue weighted by molar-refractivity contribution is 14.1. The van der Waals surface area contributed by atoms with Crippen LogP contribution < -0.4 is 0 Å². The summed E-state index contributed by atoms with van der Waals surface area (Å²) in [5.74, 6) is 0.164. The zero-order chi connectivity index (χ0) is 14.5. The summed E-state index contributed by atoms with van der Waals surface area (Å²) in [6.07, 6.45) is 0. The molecule has 104 valence electrons. The van der Waals surface area contributed by atoms with Crippen LogP contribution in [-0.2, 0) is 6.54 Å². The third-order valence-electron chi connectivity index (χ3n) is 3.28. The summed E-state index contributed by atoms with van der Waals surface area (Å²) in [4.78, 5) is 14.3. The normalized spacial score (nSPS) is 10.8. The van der Waals surface area contributed by atoms with E-state index in [1.54, 1.807) is 0 Å². The Morgan fingerprint density at radius 1 is 1.10 bits per heavy atom. The van der Waals surface area contributed by atoms with Gasteiger partial charge in [0.05, 0.1) is 6.54 Å². The molecule has 2 rings (SSSR count). The van der Waals surface area contributed by atoms with Crippen molar-refractivity contribution < 1.29 is 4.79 Å². The van der Waals surface area contributed by atoms with E-state index in [2.05, 4.69) is 46.5 Å². The first kappa shape index (κ1) is 15.2. The van der Waals surface area contributed by atoms with Gasteiger partial charge in [-0.2, -0.15) is 0 Å². The lowest BCUT2D eigenvalue weighted by atomic mass is 10.1. The second-order valence-electron chi connectivity index (χ2n) is 5.03. The van der Waals surface area contributed by atoms with Crippen molar-refractivity contribution in [3.05, 3.63) is 68.8 Å². The van der Waals surface area contributed by atoms with Crippen molar-refractivity contribution in [2.45, 2.75) is 13.5 Å². The smallest absolute Gasteiger partial charge is 0.176 e. The van der Waals surface area contributed by atoms with Crippen LogP contribution in [0.1, 0.15) is 21.5 Å². The second kappa shape index (κ2) is 6.99. The Hall–Kier alpha value is -1.20. The predicted molar refractivity (Wildman–Crippen MR) is 91.0 cm³/mol. The zero-order valence-corrected chi connectivity index (χ0v) is 13.9. The number of halogens is 1. The van der Waals surface area contributed by atoms with Gasteiger partial charge >= 0.3 is 0 Å². The summed E-state index contributed by atoms with van der Waals surface area (Å²) in [5.41, 5.74) is 3.31. The third kappa shape index (κ3) is 4.15. The van der Waals surface area contributed by atoms with E-state index >= 15 is 0 Å². The van der Waals surface area contributed by atoms with Gasteiger partial charge in [0.15, 0.2) is 5.78 Å². The van der Waals surface area contributed by atoms with Crippen molar-refractivity contribution in [1.82, 2.24) is 4.90 Å². The van der Waals surface area contributed by atoms with Crippen molar-refractivity contribution >= 4 is 28.4 Å². The summed E-state index contributed by atoms with van der Waals surface area (Å²) < 4.78 is 1.15. The largest absolute Gasteiger partial charge is 0.295 e. The number of likely N-dealkylation sites (N-methyl/N-ethyl adjacent to an activating group) is 1. The Morgan fingerprint density at radius 3 is 2.40 bits per heavy atom. The molecule has 0 N–H and O–H groups in total. The molecule has 2 nitrogen and oxygen atoms in total. The van der Waals surface area contributed by atoms with Crippen molar-refractivity contribution in [2.75, 3.05) is 13.6 Å². The monoisotopic (exact) mass is 379 g/mol. The number of nitrogens with zero attached hydrogens (tertiary/aromatic N) is 1. The van der Waals surface area contributed by atoms with E-state index in [4.69, 9.17) is 0 Å². The molecule has 0 fully saturated rings. The van der Waals surface area contributed by atoms with Crippen LogP contribution in [0.4, 0.5) is 0 Å². The van der Waals surface area contributed by atoms with Crippen molar-refractivity contribution in [2.24, 2.45) is 0 Å². The number of carbonyl (C=O) groups excluding carboxylic acids is 1. The second-order valence-corrected chi connectivity index (χ2v) is 6.27. The van der Waals surface area contributed by atoms with Gasteiger partial charge in [-0.3, -0.25) is 9.69 Å². The van der Waals surface area contributed by atoms with Crippen LogP contribution in [0.3, 0.4) is 0 Å². The SMILES string of the molecule is Cc1ccccc1CN(C)CC(=O)c1ccc(I)cc1. The number of aryl methyl sites for hydroxylation is 1. The van der Waals surface area contributed by atoms with Gasteiger partial charge in [-0.25, -0.2) is 0 Å². The maximum absolute atomic E-state index is 12.2. The van der Waals surface area contributed by atoms with Gasteiger partial charge < -0.3 is 0 Å². The molecular formula is C17H18INO. The number of Topliss-reactive ketones (excluding diaryl/α,β-unsaturated/α-hetero) is 1. The molecule has 0 radical (unpaired) electrons. The Bertz CT molecular complexity index is 592.